The largest absolute Gasteiger partial charge is 0.465 e. The predicted molar refractivity (Wildman–Crippen MR) is 68.2 cm³/mol. The van der Waals surface area contributed by atoms with E-state index in [0.717, 1.165) is 24.8 Å². The number of ether oxygens (including phenoxy) is 2. The van der Waals surface area contributed by atoms with E-state index in [1.165, 1.54) is 7.11 Å². The second-order valence-electron chi connectivity index (χ2n) is 4.63. The first kappa shape index (κ1) is 13.1. The van der Waals surface area contributed by atoms with Crippen LogP contribution in [0.25, 0.3) is 0 Å². The van der Waals surface area contributed by atoms with Crippen molar-refractivity contribution in [3.8, 4) is 0 Å². The summed E-state index contributed by atoms with van der Waals surface area (Å²) in [5.41, 5.74) is 7.54. The van der Waals surface area contributed by atoms with Crippen LogP contribution >= 0.6 is 0 Å². The minimum Gasteiger partial charge on any atom is -0.465 e. The van der Waals surface area contributed by atoms with Gasteiger partial charge in [0, 0.05) is 6.04 Å². The molecule has 2 N–H and O–H groups in total. The maximum absolute atomic E-state index is 11.3. The fourth-order valence-electron chi connectivity index (χ4n) is 2.22. The highest BCUT2D eigenvalue weighted by atomic mass is 16.5. The molecule has 0 radical (unpaired) electrons. The fourth-order valence-corrected chi connectivity index (χ4v) is 2.22. The molecule has 1 aromatic carbocycles. The van der Waals surface area contributed by atoms with Crippen molar-refractivity contribution in [2.75, 3.05) is 7.11 Å². The molecule has 1 aliphatic rings. The maximum atomic E-state index is 11.3. The highest BCUT2D eigenvalue weighted by Crippen LogP contribution is 2.21. The smallest absolute Gasteiger partial charge is 0.337 e. The van der Waals surface area contributed by atoms with Gasteiger partial charge in [-0.25, -0.2) is 4.79 Å². The van der Waals surface area contributed by atoms with Gasteiger partial charge in [0.25, 0.3) is 0 Å². The number of hydrogen-bond acceptors (Lipinski definition) is 4. The SMILES string of the molecule is COC(=O)c1ccc(COC2CCCC2N)cc1. The average molecular weight is 249 g/mol. The van der Waals surface area contributed by atoms with Crippen LogP contribution in [0, 0.1) is 0 Å². The molecule has 1 aromatic rings. The molecule has 1 fully saturated rings. The second kappa shape index (κ2) is 5.98. The zero-order valence-electron chi connectivity index (χ0n) is 10.6. The quantitative estimate of drug-likeness (QED) is 0.827. The van der Waals surface area contributed by atoms with Crippen LogP contribution in [-0.2, 0) is 16.1 Å². The van der Waals surface area contributed by atoms with Gasteiger partial charge in [0.15, 0.2) is 0 Å². The number of benzene rings is 1. The highest BCUT2D eigenvalue weighted by molar-refractivity contribution is 5.89. The Bertz CT molecular complexity index is 402. The van der Waals surface area contributed by atoms with Crippen molar-refractivity contribution in [2.24, 2.45) is 5.73 Å². The summed E-state index contributed by atoms with van der Waals surface area (Å²) >= 11 is 0. The zero-order chi connectivity index (χ0) is 13.0. The molecule has 0 saturated heterocycles. The molecule has 2 rings (SSSR count). The Hall–Kier alpha value is -1.39. The number of carbonyl (C=O) groups is 1. The molecule has 4 heteroatoms. The van der Waals surface area contributed by atoms with Gasteiger partial charge < -0.3 is 15.2 Å². The standard InChI is InChI=1S/C14H19NO3/c1-17-14(16)11-7-5-10(6-8-11)9-18-13-4-2-3-12(13)15/h5-8,12-13H,2-4,9,15H2,1H3. The van der Waals surface area contributed by atoms with Crippen LogP contribution in [0.4, 0.5) is 0 Å². The molecule has 98 valence electrons. The molecule has 0 aromatic heterocycles. The van der Waals surface area contributed by atoms with Crippen LogP contribution in [0.5, 0.6) is 0 Å². The molecule has 4 nitrogen and oxygen atoms in total. The Morgan fingerprint density at radius 3 is 2.61 bits per heavy atom. The lowest BCUT2D eigenvalue weighted by Crippen LogP contribution is -2.31. The molecule has 0 amide bonds. The summed E-state index contributed by atoms with van der Waals surface area (Å²) in [6.07, 6.45) is 3.41. The van der Waals surface area contributed by atoms with E-state index < -0.39 is 0 Å². The molecule has 1 aliphatic carbocycles. The molecular formula is C14H19NO3. The first-order valence-corrected chi connectivity index (χ1v) is 6.25. The number of nitrogens with two attached hydrogens (primary N) is 1. The van der Waals surface area contributed by atoms with Gasteiger partial charge in [0.05, 0.1) is 25.4 Å². The number of hydrogen-bond donors (Lipinski definition) is 1. The van der Waals surface area contributed by atoms with E-state index in [-0.39, 0.29) is 18.1 Å². The third-order valence-corrected chi connectivity index (χ3v) is 3.34. The van der Waals surface area contributed by atoms with Crippen molar-refractivity contribution < 1.29 is 14.3 Å². The lowest BCUT2D eigenvalue weighted by molar-refractivity contribution is 0.0357. The first-order chi connectivity index (χ1) is 8.70. The highest BCUT2D eigenvalue weighted by Gasteiger charge is 2.24. The second-order valence-corrected chi connectivity index (χ2v) is 4.63. The summed E-state index contributed by atoms with van der Waals surface area (Å²) in [7, 11) is 1.38. The van der Waals surface area contributed by atoms with Gasteiger partial charge in [-0.15, -0.1) is 0 Å². The minimum atomic E-state index is -0.319. The predicted octanol–water partition coefficient (Wildman–Crippen LogP) is 1.87. The van der Waals surface area contributed by atoms with Crippen LogP contribution in [0.15, 0.2) is 24.3 Å². The van der Waals surface area contributed by atoms with Gasteiger partial charge in [0.1, 0.15) is 0 Å². The molecule has 0 heterocycles. The first-order valence-electron chi connectivity index (χ1n) is 6.25. The molecular weight excluding hydrogens is 230 g/mol. The van der Waals surface area contributed by atoms with E-state index >= 15 is 0 Å². The van der Waals surface area contributed by atoms with E-state index in [4.69, 9.17) is 10.5 Å². The third kappa shape index (κ3) is 3.09. The van der Waals surface area contributed by atoms with Gasteiger partial charge in [0.2, 0.25) is 0 Å². The molecule has 0 bridgehead atoms. The number of carbonyl (C=O) groups excluding carboxylic acids is 1. The summed E-state index contributed by atoms with van der Waals surface area (Å²) in [6.45, 7) is 0.541. The third-order valence-electron chi connectivity index (χ3n) is 3.34. The van der Waals surface area contributed by atoms with Crippen LogP contribution < -0.4 is 5.73 Å². The van der Waals surface area contributed by atoms with Crippen molar-refractivity contribution in [3.63, 3.8) is 0 Å². The van der Waals surface area contributed by atoms with Gasteiger partial charge >= 0.3 is 5.97 Å². The minimum absolute atomic E-state index is 0.166. The Balaban J connectivity index is 1.88. The molecule has 0 aliphatic heterocycles. The van der Waals surface area contributed by atoms with Gasteiger partial charge in [-0.1, -0.05) is 12.1 Å². The van der Waals surface area contributed by atoms with Crippen molar-refractivity contribution in [2.45, 2.75) is 38.0 Å². The molecule has 1 saturated carbocycles. The number of methoxy groups -OCH3 is 1. The lowest BCUT2D eigenvalue weighted by atomic mass is 10.1. The monoisotopic (exact) mass is 249 g/mol. The topological polar surface area (TPSA) is 61.5 Å². The van der Waals surface area contributed by atoms with Crippen molar-refractivity contribution >= 4 is 5.97 Å². The summed E-state index contributed by atoms with van der Waals surface area (Å²) < 4.78 is 10.4. The van der Waals surface area contributed by atoms with E-state index in [1.54, 1.807) is 12.1 Å². The Morgan fingerprint density at radius 2 is 2.06 bits per heavy atom. The summed E-state index contributed by atoms with van der Waals surface area (Å²) in [5.74, 6) is -0.319. The summed E-state index contributed by atoms with van der Waals surface area (Å²) in [5, 5.41) is 0. The Labute approximate surface area is 107 Å². The van der Waals surface area contributed by atoms with Gasteiger partial charge in [-0.3, -0.25) is 0 Å². The van der Waals surface area contributed by atoms with E-state index in [9.17, 15) is 4.79 Å². The fraction of sp³-hybridized carbons (Fsp3) is 0.500. The summed E-state index contributed by atoms with van der Waals surface area (Å²) in [4.78, 5) is 11.3. The molecule has 18 heavy (non-hydrogen) atoms. The Morgan fingerprint density at radius 1 is 1.33 bits per heavy atom. The van der Waals surface area contributed by atoms with E-state index in [2.05, 4.69) is 4.74 Å². The zero-order valence-corrected chi connectivity index (χ0v) is 10.6. The molecule has 2 unspecified atom stereocenters. The maximum Gasteiger partial charge on any atom is 0.337 e. The van der Waals surface area contributed by atoms with Crippen molar-refractivity contribution in [1.82, 2.24) is 0 Å². The molecule has 0 spiro atoms. The van der Waals surface area contributed by atoms with Gasteiger partial charge in [-0.05, 0) is 37.0 Å². The van der Waals surface area contributed by atoms with Crippen LogP contribution in [0.1, 0.15) is 35.2 Å². The molecule has 2 atom stereocenters. The number of esters is 1. The van der Waals surface area contributed by atoms with Crippen LogP contribution in [0.2, 0.25) is 0 Å². The normalized spacial score (nSPS) is 23.0. The summed E-state index contributed by atoms with van der Waals surface area (Å²) in [6, 6.07) is 7.43. The van der Waals surface area contributed by atoms with Gasteiger partial charge in [-0.2, -0.15) is 0 Å². The van der Waals surface area contributed by atoms with E-state index in [0.29, 0.717) is 12.2 Å². The van der Waals surface area contributed by atoms with Crippen LogP contribution in [-0.4, -0.2) is 25.2 Å². The number of rotatable bonds is 4. The van der Waals surface area contributed by atoms with Crippen molar-refractivity contribution in [3.05, 3.63) is 35.4 Å². The Kier molecular flexibility index (Phi) is 4.33. The average Bonchev–Trinajstić information content (AvgIpc) is 2.81. The van der Waals surface area contributed by atoms with Crippen molar-refractivity contribution in [1.29, 1.82) is 0 Å². The van der Waals surface area contributed by atoms with Crippen LogP contribution in [0.3, 0.4) is 0 Å². The lowest BCUT2D eigenvalue weighted by Gasteiger charge is -2.16. The van der Waals surface area contributed by atoms with E-state index in [1.807, 2.05) is 12.1 Å².